The molecule has 1 fully saturated rings. The molecule has 0 radical (unpaired) electrons. The summed E-state index contributed by atoms with van der Waals surface area (Å²) in [5.41, 5.74) is 1.71. The lowest BCUT2D eigenvalue weighted by Gasteiger charge is -2.24. The van der Waals surface area contributed by atoms with Gasteiger partial charge in [0, 0.05) is 15.5 Å². The molecule has 1 atom stereocenters. The van der Waals surface area contributed by atoms with E-state index in [2.05, 4.69) is 47.2 Å². The van der Waals surface area contributed by atoms with E-state index in [9.17, 15) is 0 Å². The number of halogens is 2. The molecule has 94 valence electrons. The van der Waals surface area contributed by atoms with Crippen molar-refractivity contribution in [2.24, 2.45) is 5.41 Å². The third kappa shape index (κ3) is 3.04. The van der Waals surface area contributed by atoms with E-state index in [-0.39, 0.29) is 0 Å². The molecule has 1 unspecified atom stereocenters. The summed E-state index contributed by atoms with van der Waals surface area (Å²) in [6, 6.07) is 6.79. The van der Waals surface area contributed by atoms with Gasteiger partial charge >= 0.3 is 0 Å². The summed E-state index contributed by atoms with van der Waals surface area (Å²) in [5, 5.41) is 4.43. The van der Waals surface area contributed by atoms with Gasteiger partial charge in [0.1, 0.15) is 0 Å². The van der Waals surface area contributed by atoms with Gasteiger partial charge in [-0.3, -0.25) is 0 Å². The fourth-order valence-electron chi connectivity index (χ4n) is 2.49. The lowest BCUT2D eigenvalue weighted by atomic mass is 9.90. The number of hydrogen-bond donors (Lipinski definition) is 1. The maximum Gasteiger partial charge on any atom is 0.0449 e. The van der Waals surface area contributed by atoms with Gasteiger partial charge in [-0.15, -0.1) is 0 Å². The van der Waals surface area contributed by atoms with Gasteiger partial charge in [-0.1, -0.05) is 40.5 Å². The van der Waals surface area contributed by atoms with Crippen LogP contribution in [0.15, 0.2) is 22.7 Å². The second kappa shape index (κ2) is 5.29. The van der Waals surface area contributed by atoms with Crippen LogP contribution in [0.25, 0.3) is 0 Å². The first-order chi connectivity index (χ1) is 8.07. The minimum Gasteiger partial charge on any atom is -0.314 e. The highest BCUT2D eigenvalue weighted by atomic mass is 79.9. The summed E-state index contributed by atoms with van der Waals surface area (Å²) in [6.45, 7) is 5.50. The van der Waals surface area contributed by atoms with Crippen LogP contribution in [0.2, 0.25) is 5.02 Å². The van der Waals surface area contributed by atoms with Crippen LogP contribution in [0.3, 0.4) is 0 Å². The number of nitrogens with one attached hydrogen (secondary N) is 1. The summed E-state index contributed by atoms with van der Waals surface area (Å²) in [4.78, 5) is 0. The molecular weight excluding hydrogens is 298 g/mol. The molecule has 17 heavy (non-hydrogen) atoms. The van der Waals surface area contributed by atoms with Gasteiger partial charge < -0.3 is 5.32 Å². The predicted molar refractivity (Wildman–Crippen MR) is 77.7 cm³/mol. The zero-order chi connectivity index (χ0) is 12.5. The summed E-state index contributed by atoms with van der Waals surface area (Å²) < 4.78 is 1.05. The number of hydrogen-bond acceptors (Lipinski definition) is 1. The van der Waals surface area contributed by atoms with Crippen molar-refractivity contribution < 1.29 is 0 Å². The highest BCUT2D eigenvalue weighted by Crippen LogP contribution is 2.51. The SMILES string of the molecule is CCNC(C)C1(Cc2ccc(Br)cc2Cl)CC1. The Bertz CT molecular complexity index is 401. The summed E-state index contributed by atoms with van der Waals surface area (Å²) in [7, 11) is 0. The van der Waals surface area contributed by atoms with E-state index in [1.807, 2.05) is 6.07 Å². The van der Waals surface area contributed by atoms with E-state index < -0.39 is 0 Å². The van der Waals surface area contributed by atoms with Crippen molar-refractivity contribution in [3.05, 3.63) is 33.3 Å². The van der Waals surface area contributed by atoms with Crippen molar-refractivity contribution in [3.63, 3.8) is 0 Å². The first kappa shape index (κ1) is 13.4. The average Bonchev–Trinajstić information content (AvgIpc) is 3.04. The van der Waals surface area contributed by atoms with Gasteiger partial charge in [-0.2, -0.15) is 0 Å². The topological polar surface area (TPSA) is 12.0 Å². The Balaban J connectivity index is 2.10. The molecule has 0 amide bonds. The van der Waals surface area contributed by atoms with E-state index >= 15 is 0 Å². The summed E-state index contributed by atoms with van der Waals surface area (Å²) in [6.07, 6.45) is 3.72. The fourth-order valence-corrected chi connectivity index (χ4v) is 3.23. The third-order valence-electron chi connectivity index (χ3n) is 3.88. The zero-order valence-corrected chi connectivity index (χ0v) is 12.7. The van der Waals surface area contributed by atoms with Crippen LogP contribution in [0.4, 0.5) is 0 Å². The molecule has 1 aliphatic carbocycles. The van der Waals surface area contributed by atoms with Gasteiger partial charge in [-0.25, -0.2) is 0 Å². The Hall–Kier alpha value is -0.0500. The lowest BCUT2D eigenvalue weighted by Crippen LogP contribution is -2.36. The monoisotopic (exact) mass is 315 g/mol. The molecule has 1 nitrogen and oxygen atoms in total. The minimum atomic E-state index is 0.438. The highest BCUT2D eigenvalue weighted by molar-refractivity contribution is 9.10. The summed E-state index contributed by atoms with van der Waals surface area (Å²) in [5.74, 6) is 0. The van der Waals surface area contributed by atoms with Crippen LogP contribution in [0, 0.1) is 5.41 Å². The number of rotatable bonds is 5. The van der Waals surface area contributed by atoms with E-state index in [4.69, 9.17) is 11.6 Å². The Morgan fingerprint density at radius 2 is 2.18 bits per heavy atom. The molecule has 1 aromatic rings. The molecule has 0 spiro atoms. The van der Waals surface area contributed by atoms with Gasteiger partial charge in [0.15, 0.2) is 0 Å². The minimum absolute atomic E-state index is 0.438. The molecule has 1 aliphatic rings. The normalized spacial score (nSPS) is 19.1. The van der Waals surface area contributed by atoms with E-state index in [0.717, 1.165) is 22.5 Å². The maximum absolute atomic E-state index is 6.29. The molecule has 1 N–H and O–H groups in total. The lowest BCUT2D eigenvalue weighted by molar-refractivity contribution is 0.355. The zero-order valence-electron chi connectivity index (χ0n) is 10.4. The highest BCUT2D eigenvalue weighted by Gasteiger charge is 2.46. The predicted octanol–water partition coefficient (Wildman–Crippen LogP) is 4.42. The van der Waals surface area contributed by atoms with E-state index in [1.54, 1.807) is 0 Å². The fraction of sp³-hybridized carbons (Fsp3) is 0.571. The third-order valence-corrected chi connectivity index (χ3v) is 4.72. The van der Waals surface area contributed by atoms with Gasteiger partial charge in [0.05, 0.1) is 0 Å². The summed E-state index contributed by atoms with van der Waals surface area (Å²) >= 11 is 9.74. The maximum atomic E-state index is 6.29. The smallest absolute Gasteiger partial charge is 0.0449 e. The average molecular weight is 317 g/mol. The van der Waals surface area contributed by atoms with E-state index in [0.29, 0.717) is 11.5 Å². The van der Waals surface area contributed by atoms with Crippen molar-refractivity contribution in [1.82, 2.24) is 5.32 Å². The van der Waals surface area contributed by atoms with Crippen molar-refractivity contribution in [3.8, 4) is 0 Å². The Morgan fingerprint density at radius 1 is 1.47 bits per heavy atom. The van der Waals surface area contributed by atoms with Crippen LogP contribution in [-0.2, 0) is 6.42 Å². The van der Waals surface area contributed by atoms with Crippen molar-refractivity contribution in [1.29, 1.82) is 0 Å². The first-order valence-corrected chi connectivity index (χ1v) is 7.42. The molecular formula is C14H19BrClN. The molecule has 2 rings (SSSR count). The van der Waals surface area contributed by atoms with Crippen LogP contribution >= 0.6 is 27.5 Å². The van der Waals surface area contributed by atoms with Crippen molar-refractivity contribution in [2.75, 3.05) is 6.54 Å². The largest absolute Gasteiger partial charge is 0.314 e. The van der Waals surface area contributed by atoms with Gasteiger partial charge in [0.2, 0.25) is 0 Å². The van der Waals surface area contributed by atoms with Gasteiger partial charge in [0.25, 0.3) is 0 Å². The van der Waals surface area contributed by atoms with E-state index in [1.165, 1.54) is 18.4 Å². The van der Waals surface area contributed by atoms with Crippen LogP contribution in [0.1, 0.15) is 32.3 Å². The standard InChI is InChI=1S/C14H19BrClN/c1-3-17-10(2)14(6-7-14)9-11-4-5-12(15)8-13(11)16/h4-5,8,10,17H,3,6-7,9H2,1-2H3. The van der Waals surface area contributed by atoms with Crippen molar-refractivity contribution >= 4 is 27.5 Å². The quantitative estimate of drug-likeness (QED) is 0.847. The Labute approximate surface area is 117 Å². The Kier molecular flexibility index (Phi) is 4.17. The van der Waals surface area contributed by atoms with Crippen LogP contribution < -0.4 is 5.32 Å². The molecule has 3 heteroatoms. The molecule has 0 aromatic heterocycles. The molecule has 0 bridgehead atoms. The second-order valence-electron chi connectivity index (χ2n) is 5.05. The van der Waals surface area contributed by atoms with Gasteiger partial charge in [-0.05, 0) is 55.8 Å². The Morgan fingerprint density at radius 3 is 2.71 bits per heavy atom. The second-order valence-corrected chi connectivity index (χ2v) is 6.38. The molecule has 1 aromatic carbocycles. The molecule has 0 heterocycles. The van der Waals surface area contributed by atoms with Crippen LogP contribution in [0.5, 0.6) is 0 Å². The molecule has 0 saturated heterocycles. The van der Waals surface area contributed by atoms with Crippen LogP contribution in [-0.4, -0.2) is 12.6 Å². The first-order valence-electron chi connectivity index (χ1n) is 6.25. The van der Waals surface area contributed by atoms with Crippen molar-refractivity contribution in [2.45, 2.75) is 39.2 Å². The number of benzene rings is 1. The molecule has 0 aliphatic heterocycles. The molecule has 1 saturated carbocycles.